The predicted octanol–water partition coefficient (Wildman–Crippen LogP) is 2.92. The zero-order chi connectivity index (χ0) is 10.8. The zero-order valence-corrected chi connectivity index (χ0v) is 10.8. The number of ether oxygens (including phenoxy) is 1. The van der Waals surface area contributed by atoms with Gasteiger partial charge in [0, 0.05) is 13.0 Å². The highest BCUT2D eigenvalue weighted by molar-refractivity contribution is 9.10. The third-order valence-corrected chi connectivity index (χ3v) is 3.91. The number of hydrogen-bond acceptors (Lipinski definition) is 3. The number of nitrogens with zero attached hydrogens (tertiary/aromatic N) is 2. The van der Waals surface area contributed by atoms with Crippen molar-refractivity contribution in [2.45, 2.75) is 32.3 Å². The first-order valence-electron chi connectivity index (χ1n) is 4.97. The maximum Gasteiger partial charge on any atom is 0.147 e. The molecular weight excluding hydrogens is 279 g/mol. The Hall–Kier alpha value is -0.190. The van der Waals surface area contributed by atoms with Crippen LogP contribution >= 0.6 is 27.5 Å². The first-order valence-corrected chi connectivity index (χ1v) is 6.14. The molecule has 0 aliphatic carbocycles. The molecule has 1 aromatic rings. The second-order valence-electron chi connectivity index (χ2n) is 3.67. The summed E-state index contributed by atoms with van der Waals surface area (Å²) in [5.41, 5.74) is 0.878. The monoisotopic (exact) mass is 290 g/mol. The third kappa shape index (κ3) is 2.68. The van der Waals surface area contributed by atoms with Gasteiger partial charge in [-0.1, -0.05) is 11.6 Å². The molecule has 5 heteroatoms. The van der Waals surface area contributed by atoms with Crippen molar-refractivity contribution in [3.05, 3.63) is 21.1 Å². The van der Waals surface area contributed by atoms with Gasteiger partial charge in [0.1, 0.15) is 11.0 Å². The second kappa shape index (κ2) is 4.76. The van der Waals surface area contributed by atoms with Crippen molar-refractivity contribution < 1.29 is 4.74 Å². The molecule has 1 fully saturated rings. The van der Waals surface area contributed by atoms with E-state index in [2.05, 4.69) is 25.9 Å². The largest absolute Gasteiger partial charge is 0.378 e. The van der Waals surface area contributed by atoms with E-state index in [0.29, 0.717) is 5.15 Å². The van der Waals surface area contributed by atoms with Crippen molar-refractivity contribution in [2.24, 2.45) is 0 Å². The Morgan fingerprint density at radius 3 is 2.93 bits per heavy atom. The van der Waals surface area contributed by atoms with Crippen LogP contribution in [0, 0.1) is 6.92 Å². The van der Waals surface area contributed by atoms with E-state index in [1.807, 2.05) is 6.92 Å². The molecule has 0 saturated carbocycles. The van der Waals surface area contributed by atoms with E-state index in [0.717, 1.165) is 41.9 Å². The third-order valence-electron chi connectivity index (χ3n) is 2.46. The van der Waals surface area contributed by atoms with Crippen LogP contribution in [0.15, 0.2) is 4.47 Å². The van der Waals surface area contributed by atoms with Crippen molar-refractivity contribution in [1.29, 1.82) is 0 Å². The van der Waals surface area contributed by atoms with Crippen LogP contribution in [-0.2, 0) is 11.2 Å². The van der Waals surface area contributed by atoms with Crippen LogP contribution in [-0.4, -0.2) is 22.7 Å². The lowest BCUT2D eigenvalue weighted by Gasteiger charge is -2.09. The summed E-state index contributed by atoms with van der Waals surface area (Å²) in [4.78, 5) is 8.60. The average molecular weight is 292 g/mol. The molecule has 2 heterocycles. The van der Waals surface area contributed by atoms with E-state index < -0.39 is 0 Å². The Bertz CT molecular complexity index is 343. The summed E-state index contributed by atoms with van der Waals surface area (Å²) in [6.45, 7) is 2.77. The van der Waals surface area contributed by atoms with Crippen molar-refractivity contribution in [3.8, 4) is 0 Å². The van der Waals surface area contributed by atoms with E-state index in [-0.39, 0.29) is 6.10 Å². The fraction of sp³-hybridized carbons (Fsp3) is 0.600. The minimum Gasteiger partial charge on any atom is -0.378 e. The van der Waals surface area contributed by atoms with Gasteiger partial charge in [0.15, 0.2) is 0 Å². The SMILES string of the molecule is Cc1nc(CC2CCCO2)nc(Cl)c1Br. The molecule has 82 valence electrons. The van der Waals surface area contributed by atoms with Crippen LogP contribution in [0.5, 0.6) is 0 Å². The van der Waals surface area contributed by atoms with E-state index >= 15 is 0 Å². The summed E-state index contributed by atoms with van der Waals surface area (Å²) in [6.07, 6.45) is 3.25. The molecule has 0 N–H and O–H groups in total. The van der Waals surface area contributed by atoms with Gasteiger partial charge in [0.25, 0.3) is 0 Å². The van der Waals surface area contributed by atoms with Crippen LogP contribution in [0.4, 0.5) is 0 Å². The lowest BCUT2D eigenvalue weighted by atomic mass is 10.2. The van der Waals surface area contributed by atoms with Gasteiger partial charge in [-0.25, -0.2) is 9.97 Å². The first-order chi connectivity index (χ1) is 7.16. The Balaban J connectivity index is 2.14. The normalized spacial score (nSPS) is 20.9. The van der Waals surface area contributed by atoms with Gasteiger partial charge in [-0.2, -0.15) is 0 Å². The van der Waals surface area contributed by atoms with Crippen LogP contribution in [0.2, 0.25) is 5.15 Å². The molecule has 1 aromatic heterocycles. The fourth-order valence-electron chi connectivity index (χ4n) is 1.68. The molecule has 2 rings (SSSR count). The molecule has 0 amide bonds. The molecule has 0 aromatic carbocycles. The number of aromatic nitrogens is 2. The Morgan fingerprint density at radius 1 is 1.53 bits per heavy atom. The molecular formula is C10H12BrClN2O. The lowest BCUT2D eigenvalue weighted by molar-refractivity contribution is 0.110. The molecule has 15 heavy (non-hydrogen) atoms. The van der Waals surface area contributed by atoms with Gasteiger partial charge >= 0.3 is 0 Å². The maximum absolute atomic E-state index is 5.97. The van der Waals surface area contributed by atoms with E-state index in [9.17, 15) is 0 Å². The lowest BCUT2D eigenvalue weighted by Crippen LogP contribution is -2.12. The quantitative estimate of drug-likeness (QED) is 0.786. The van der Waals surface area contributed by atoms with E-state index in [4.69, 9.17) is 16.3 Å². The first kappa shape index (κ1) is 11.3. The van der Waals surface area contributed by atoms with Crippen LogP contribution in [0.3, 0.4) is 0 Å². The zero-order valence-electron chi connectivity index (χ0n) is 8.46. The van der Waals surface area contributed by atoms with E-state index in [1.54, 1.807) is 0 Å². The number of rotatable bonds is 2. The second-order valence-corrected chi connectivity index (χ2v) is 4.82. The van der Waals surface area contributed by atoms with Gasteiger partial charge in [-0.3, -0.25) is 0 Å². The Morgan fingerprint density at radius 2 is 2.33 bits per heavy atom. The molecule has 0 radical (unpaired) electrons. The molecule has 0 spiro atoms. The van der Waals surface area contributed by atoms with Gasteiger partial charge in [-0.15, -0.1) is 0 Å². The van der Waals surface area contributed by atoms with Crippen molar-refractivity contribution in [2.75, 3.05) is 6.61 Å². The molecule has 0 bridgehead atoms. The van der Waals surface area contributed by atoms with Gasteiger partial charge in [0.05, 0.1) is 16.3 Å². The molecule has 1 unspecified atom stereocenters. The average Bonchev–Trinajstić information content (AvgIpc) is 2.66. The van der Waals surface area contributed by atoms with Gasteiger partial charge in [-0.05, 0) is 35.7 Å². The molecule has 1 atom stereocenters. The maximum atomic E-state index is 5.97. The molecule has 1 saturated heterocycles. The van der Waals surface area contributed by atoms with Crippen LogP contribution in [0.25, 0.3) is 0 Å². The highest BCUT2D eigenvalue weighted by Crippen LogP contribution is 2.24. The molecule has 3 nitrogen and oxygen atoms in total. The smallest absolute Gasteiger partial charge is 0.147 e. The summed E-state index contributed by atoms with van der Waals surface area (Å²) >= 11 is 9.30. The number of aryl methyl sites for hydroxylation is 1. The number of halogens is 2. The van der Waals surface area contributed by atoms with Gasteiger partial charge < -0.3 is 4.74 Å². The molecule has 1 aliphatic rings. The van der Waals surface area contributed by atoms with Crippen molar-refractivity contribution in [3.63, 3.8) is 0 Å². The summed E-state index contributed by atoms with van der Waals surface area (Å²) in [5, 5.41) is 0.482. The summed E-state index contributed by atoms with van der Waals surface area (Å²) in [5.74, 6) is 0.771. The van der Waals surface area contributed by atoms with E-state index in [1.165, 1.54) is 0 Å². The van der Waals surface area contributed by atoms with Crippen LogP contribution in [0.1, 0.15) is 24.4 Å². The minimum atomic E-state index is 0.265. The fourth-order valence-corrected chi connectivity index (χ4v) is 2.09. The van der Waals surface area contributed by atoms with Gasteiger partial charge in [0.2, 0.25) is 0 Å². The molecule has 1 aliphatic heterocycles. The Kier molecular flexibility index (Phi) is 3.59. The van der Waals surface area contributed by atoms with Crippen LogP contribution < -0.4 is 0 Å². The van der Waals surface area contributed by atoms with Crippen molar-refractivity contribution in [1.82, 2.24) is 9.97 Å². The minimum absolute atomic E-state index is 0.265. The highest BCUT2D eigenvalue weighted by atomic mass is 79.9. The summed E-state index contributed by atoms with van der Waals surface area (Å²) in [7, 11) is 0. The number of hydrogen-bond donors (Lipinski definition) is 0. The Labute approximate surface area is 102 Å². The summed E-state index contributed by atoms with van der Waals surface area (Å²) in [6, 6.07) is 0. The summed E-state index contributed by atoms with van der Waals surface area (Å²) < 4.78 is 6.31. The highest BCUT2D eigenvalue weighted by Gasteiger charge is 2.18. The topological polar surface area (TPSA) is 35.0 Å². The van der Waals surface area contributed by atoms with Crippen molar-refractivity contribution >= 4 is 27.5 Å². The predicted molar refractivity (Wildman–Crippen MR) is 62.2 cm³/mol. The standard InChI is InChI=1S/C10H12BrClN2O/c1-6-9(11)10(12)14-8(13-6)5-7-3-2-4-15-7/h7H,2-5H2,1H3.